The van der Waals surface area contributed by atoms with Gasteiger partial charge in [0.1, 0.15) is 5.69 Å². The van der Waals surface area contributed by atoms with E-state index in [4.69, 9.17) is 11.6 Å². The molecule has 0 radical (unpaired) electrons. The number of nitrogens with zero attached hydrogens (tertiary/aromatic N) is 1. The highest BCUT2D eigenvalue weighted by molar-refractivity contribution is 6.37. The van der Waals surface area contributed by atoms with Crippen molar-refractivity contribution in [3.05, 3.63) is 68.6 Å². The fraction of sp³-hybridized carbons (Fsp3) is 0. The van der Waals surface area contributed by atoms with Crippen molar-refractivity contribution in [1.82, 2.24) is 0 Å². The van der Waals surface area contributed by atoms with Crippen LogP contribution in [0.1, 0.15) is 31.8 Å². The minimum Gasteiger partial charge on any atom is -0.289 e. The maximum atomic E-state index is 12.4. The number of hydrogen-bond acceptors (Lipinski definition) is 4. The molecule has 2 aromatic rings. The largest absolute Gasteiger partial charge is 0.289 e. The van der Waals surface area contributed by atoms with E-state index in [1.54, 1.807) is 24.3 Å². The van der Waals surface area contributed by atoms with Crippen molar-refractivity contribution in [2.75, 3.05) is 0 Å². The van der Waals surface area contributed by atoms with Gasteiger partial charge >= 0.3 is 0 Å². The molecule has 19 heavy (non-hydrogen) atoms. The standard InChI is InChI=1S/C14H6ClNO3/c15-10-6-5-9-11(12(10)16-19)14(18)8-4-2-1-3-7(8)13(9)17/h1-6H. The summed E-state index contributed by atoms with van der Waals surface area (Å²) in [6, 6.07) is 9.32. The molecule has 0 saturated heterocycles. The third-order valence-electron chi connectivity index (χ3n) is 3.11. The zero-order valence-corrected chi connectivity index (χ0v) is 10.3. The lowest BCUT2D eigenvalue weighted by molar-refractivity contribution is 0.0979. The molecule has 0 amide bonds. The molecule has 92 valence electrons. The van der Waals surface area contributed by atoms with Gasteiger partial charge in [0.15, 0.2) is 11.6 Å². The lowest BCUT2D eigenvalue weighted by Gasteiger charge is -2.18. The van der Waals surface area contributed by atoms with Crippen LogP contribution in [-0.2, 0) is 0 Å². The zero-order valence-electron chi connectivity index (χ0n) is 9.51. The van der Waals surface area contributed by atoms with Gasteiger partial charge in [0.2, 0.25) is 0 Å². The second kappa shape index (κ2) is 4.10. The number of hydrogen-bond donors (Lipinski definition) is 0. The van der Waals surface area contributed by atoms with E-state index in [0.29, 0.717) is 5.56 Å². The van der Waals surface area contributed by atoms with E-state index >= 15 is 0 Å². The second-order valence-electron chi connectivity index (χ2n) is 4.11. The Morgan fingerprint density at radius 2 is 1.47 bits per heavy atom. The first-order valence-electron chi connectivity index (χ1n) is 5.49. The summed E-state index contributed by atoms with van der Waals surface area (Å²) < 4.78 is 0. The molecule has 1 aliphatic rings. The molecule has 5 heteroatoms. The average Bonchev–Trinajstić information content (AvgIpc) is 2.44. The van der Waals surface area contributed by atoms with Gasteiger partial charge < -0.3 is 0 Å². The average molecular weight is 272 g/mol. The first-order chi connectivity index (χ1) is 9.15. The lowest BCUT2D eigenvalue weighted by atomic mass is 9.83. The van der Waals surface area contributed by atoms with Crippen LogP contribution in [0.4, 0.5) is 5.69 Å². The molecule has 0 atom stereocenters. The van der Waals surface area contributed by atoms with Gasteiger partial charge in [-0.15, -0.1) is 4.91 Å². The number of benzene rings is 2. The fourth-order valence-corrected chi connectivity index (χ4v) is 2.42. The number of nitroso groups, excluding NO2 is 1. The van der Waals surface area contributed by atoms with Crippen molar-refractivity contribution in [2.45, 2.75) is 0 Å². The molecule has 0 aliphatic heterocycles. The van der Waals surface area contributed by atoms with E-state index in [2.05, 4.69) is 5.18 Å². The number of ketones is 2. The summed E-state index contributed by atoms with van der Waals surface area (Å²) in [7, 11) is 0. The Bertz CT molecular complexity index is 752. The predicted octanol–water partition coefficient (Wildman–Crippen LogP) is 3.51. The van der Waals surface area contributed by atoms with E-state index in [9.17, 15) is 14.5 Å². The van der Waals surface area contributed by atoms with Crippen molar-refractivity contribution in [1.29, 1.82) is 0 Å². The van der Waals surface area contributed by atoms with E-state index in [0.717, 1.165) is 0 Å². The molecule has 0 N–H and O–H groups in total. The molecule has 0 saturated carbocycles. The predicted molar refractivity (Wildman–Crippen MR) is 70.2 cm³/mol. The maximum Gasteiger partial charge on any atom is 0.196 e. The van der Waals surface area contributed by atoms with Gasteiger partial charge in [-0.2, -0.15) is 0 Å². The monoisotopic (exact) mass is 271 g/mol. The first kappa shape index (κ1) is 11.7. The molecular weight excluding hydrogens is 266 g/mol. The van der Waals surface area contributed by atoms with E-state index in [1.807, 2.05) is 0 Å². The van der Waals surface area contributed by atoms with Gasteiger partial charge in [0, 0.05) is 16.7 Å². The van der Waals surface area contributed by atoms with E-state index < -0.39 is 5.78 Å². The third kappa shape index (κ3) is 1.54. The number of fused-ring (bicyclic) bond motifs is 2. The smallest absolute Gasteiger partial charge is 0.196 e. The third-order valence-corrected chi connectivity index (χ3v) is 3.41. The summed E-state index contributed by atoms with van der Waals surface area (Å²) in [6.07, 6.45) is 0. The summed E-state index contributed by atoms with van der Waals surface area (Å²) in [5, 5.41) is 2.85. The van der Waals surface area contributed by atoms with E-state index in [1.165, 1.54) is 12.1 Å². The molecule has 0 unspecified atom stereocenters. The SMILES string of the molecule is O=Nc1c(Cl)ccc2c1C(=O)c1ccccc1C2=O. The molecule has 4 nitrogen and oxygen atoms in total. The van der Waals surface area contributed by atoms with Crippen LogP contribution in [0.3, 0.4) is 0 Å². The molecule has 0 spiro atoms. The molecule has 0 fully saturated rings. The summed E-state index contributed by atoms with van der Waals surface area (Å²) in [6.45, 7) is 0. The van der Waals surface area contributed by atoms with Crippen LogP contribution >= 0.6 is 11.6 Å². The van der Waals surface area contributed by atoms with Crippen molar-refractivity contribution in [2.24, 2.45) is 5.18 Å². The minimum absolute atomic E-state index is 0.00815. The molecule has 1 aliphatic carbocycles. The van der Waals surface area contributed by atoms with Gasteiger partial charge in [0.05, 0.1) is 10.6 Å². The van der Waals surface area contributed by atoms with Crippen molar-refractivity contribution >= 4 is 28.9 Å². The highest BCUT2D eigenvalue weighted by Gasteiger charge is 2.32. The van der Waals surface area contributed by atoms with Crippen LogP contribution < -0.4 is 0 Å². The normalized spacial score (nSPS) is 12.9. The van der Waals surface area contributed by atoms with Gasteiger partial charge in [-0.25, -0.2) is 0 Å². The molecule has 0 bridgehead atoms. The van der Waals surface area contributed by atoms with Gasteiger partial charge in [-0.05, 0) is 17.3 Å². The quantitative estimate of drug-likeness (QED) is 0.636. The minimum atomic E-state index is -0.401. The van der Waals surface area contributed by atoms with Crippen LogP contribution in [0.25, 0.3) is 0 Å². The van der Waals surface area contributed by atoms with Gasteiger partial charge in [0.25, 0.3) is 0 Å². The number of carbonyl (C=O) groups excluding carboxylic acids is 2. The van der Waals surface area contributed by atoms with Crippen molar-refractivity contribution in [3.63, 3.8) is 0 Å². The summed E-state index contributed by atoms with van der Waals surface area (Å²) >= 11 is 5.84. The summed E-state index contributed by atoms with van der Waals surface area (Å²) in [5.74, 6) is -0.700. The zero-order chi connectivity index (χ0) is 13.6. The van der Waals surface area contributed by atoms with Gasteiger partial charge in [-0.1, -0.05) is 35.9 Å². The molecule has 0 aromatic heterocycles. The number of halogens is 1. The number of rotatable bonds is 1. The Kier molecular flexibility index (Phi) is 2.54. The Hall–Kier alpha value is -2.33. The Morgan fingerprint density at radius 3 is 2.11 bits per heavy atom. The van der Waals surface area contributed by atoms with Crippen molar-refractivity contribution < 1.29 is 9.59 Å². The summed E-state index contributed by atoms with van der Waals surface area (Å²) in [5.41, 5.74) is 0.590. The van der Waals surface area contributed by atoms with Crippen LogP contribution in [0, 0.1) is 4.91 Å². The first-order valence-corrected chi connectivity index (χ1v) is 5.87. The molecular formula is C14H6ClNO3. The Balaban J connectivity index is 2.39. The maximum absolute atomic E-state index is 12.4. The van der Waals surface area contributed by atoms with Gasteiger partial charge in [-0.3, -0.25) is 9.59 Å². The van der Waals surface area contributed by atoms with E-state index in [-0.39, 0.29) is 33.2 Å². The molecule has 3 rings (SSSR count). The highest BCUT2D eigenvalue weighted by atomic mass is 35.5. The number of carbonyl (C=O) groups is 2. The summed E-state index contributed by atoms with van der Waals surface area (Å²) in [4.78, 5) is 35.5. The Morgan fingerprint density at radius 1 is 0.842 bits per heavy atom. The Labute approximate surface area is 113 Å². The lowest BCUT2D eigenvalue weighted by Crippen LogP contribution is -2.20. The van der Waals surface area contributed by atoms with Crippen LogP contribution in [0.15, 0.2) is 41.6 Å². The van der Waals surface area contributed by atoms with Crippen LogP contribution in [0.2, 0.25) is 5.02 Å². The molecule has 0 heterocycles. The fourth-order valence-electron chi connectivity index (χ4n) is 2.23. The van der Waals surface area contributed by atoms with Crippen molar-refractivity contribution in [3.8, 4) is 0 Å². The van der Waals surface area contributed by atoms with Crippen LogP contribution in [0.5, 0.6) is 0 Å². The molecule has 2 aromatic carbocycles. The topological polar surface area (TPSA) is 63.6 Å². The van der Waals surface area contributed by atoms with Crippen LogP contribution in [-0.4, -0.2) is 11.6 Å². The highest BCUT2D eigenvalue weighted by Crippen LogP contribution is 2.37. The second-order valence-corrected chi connectivity index (χ2v) is 4.52.